The molecule has 0 bridgehead atoms. The number of pyridine rings is 1. The van der Waals surface area contributed by atoms with Crippen LogP contribution in [0.2, 0.25) is 0 Å². The summed E-state index contributed by atoms with van der Waals surface area (Å²) in [4.78, 5) is 4.03. The molecule has 1 heterocycles. The minimum atomic E-state index is -0.0208. The zero-order valence-corrected chi connectivity index (χ0v) is 8.88. The van der Waals surface area contributed by atoms with Gasteiger partial charge in [0.15, 0.2) is 0 Å². The Morgan fingerprint density at radius 2 is 1.75 bits per heavy atom. The highest BCUT2D eigenvalue weighted by Gasteiger charge is 1.92. The predicted octanol–water partition coefficient (Wildman–Crippen LogP) is 2.74. The van der Waals surface area contributed by atoms with Crippen LogP contribution >= 0.6 is 0 Å². The molecule has 0 amide bonds. The van der Waals surface area contributed by atoms with Gasteiger partial charge in [0.25, 0.3) is 0 Å². The van der Waals surface area contributed by atoms with E-state index in [1.807, 2.05) is 54.6 Å². The summed E-state index contributed by atoms with van der Waals surface area (Å²) in [7, 11) is 0. The molecular weight excluding hydrogens is 198 g/mol. The molecule has 0 spiro atoms. The number of rotatable bonds is 3. The van der Waals surface area contributed by atoms with E-state index >= 15 is 0 Å². The van der Waals surface area contributed by atoms with Gasteiger partial charge < -0.3 is 5.11 Å². The average Bonchev–Trinajstić information content (AvgIpc) is 2.38. The van der Waals surface area contributed by atoms with Crippen LogP contribution in [0.4, 0.5) is 0 Å². The van der Waals surface area contributed by atoms with E-state index in [4.69, 9.17) is 5.11 Å². The van der Waals surface area contributed by atoms with Crippen molar-refractivity contribution in [1.82, 2.24) is 4.98 Å². The summed E-state index contributed by atoms with van der Waals surface area (Å²) in [6.45, 7) is -0.0208. The fourth-order valence-corrected chi connectivity index (χ4v) is 1.44. The number of hydrogen-bond acceptors (Lipinski definition) is 2. The Balaban J connectivity index is 2.17. The molecule has 0 aliphatic heterocycles. The van der Waals surface area contributed by atoms with E-state index in [1.54, 1.807) is 6.20 Å². The number of aliphatic hydroxyl groups excluding tert-OH is 1. The van der Waals surface area contributed by atoms with Gasteiger partial charge in [0, 0.05) is 6.20 Å². The van der Waals surface area contributed by atoms with E-state index < -0.39 is 0 Å². The molecular formula is C14H13NO. The van der Waals surface area contributed by atoms with Crippen molar-refractivity contribution in [1.29, 1.82) is 0 Å². The van der Waals surface area contributed by atoms with Gasteiger partial charge in [-0.05, 0) is 23.3 Å². The standard InChI is InChI=1S/C14H13NO/c16-11-14-10-13(8-9-15-14)7-6-12-4-2-1-3-5-12/h1-10,16H,11H2/b7-6+. The second kappa shape index (κ2) is 5.24. The molecule has 1 N–H and O–H groups in total. The maximum absolute atomic E-state index is 8.96. The fraction of sp³-hybridized carbons (Fsp3) is 0.0714. The van der Waals surface area contributed by atoms with Crippen LogP contribution in [0.1, 0.15) is 16.8 Å². The molecule has 0 saturated heterocycles. The summed E-state index contributed by atoms with van der Waals surface area (Å²) >= 11 is 0. The zero-order valence-electron chi connectivity index (χ0n) is 8.88. The monoisotopic (exact) mass is 211 g/mol. The second-order valence-corrected chi connectivity index (χ2v) is 3.48. The van der Waals surface area contributed by atoms with E-state index in [9.17, 15) is 0 Å². The summed E-state index contributed by atoms with van der Waals surface area (Å²) in [5, 5.41) is 8.96. The molecule has 80 valence electrons. The third kappa shape index (κ3) is 2.78. The molecule has 0 radical (unpaired) electrons. The van der Waals surface area contributed by atoms with Crippen molar-refractivity contribution in [2.24, 2.45) is 0 Å². The molecule has 1 aromatic carbocycles. The van der Waals surface area contributed by atoms with Crippen LogP contribution in [0, 0.1) is 0 Å². The van der Waals surface area contributed by atoms with Crippen LogP contribution in [-0.2, 0) is 6.61 Å². The van der Waals surface area contributed by atoms with Gasteiger partial charge in [-0.3, -0.25) is 4.98 Å². The lowest BCUT2D eigenvalue weighted by atomic mass is 10.1. The molecule has 1 aromatic heterocycles. The van der Waals surface area contributed by atoms with Crippen molar-refractivity contribution >= 4 is 12.2 Å². The van der Waals surface area contributed by atoms with Gasteiger partial charge in [-0.15, -0.1) is 0 Å². The van der Waals surface area contributed by atoms with E-state index in [-0.39, 0.29) is 6.61 Å². The molecule has 16 heavy (non-hydrogen) atoms. The van der Waals surface area contributed by atoms with Gasteiger partial charge in [-0.2, -0.15) is 0 Å². The van der Waals surface area contributed by atoms with Gasteiger partial charge in [0.1, 0.15) is 0 Å². The minimum Gasteiger partial charge on any atom is -0.390 e. The van der Waals surface area contributed by atoms with Gasteiger partial charge >= 0.3 is 0 Å². The summed E-state index contributed by atoms with van der Waals surface area (Å²) in [5.41, 5.74) is 2.89. The third-order valence-corrected chi connectivity index (χ3v) is 2.27. The maximum atomic E-state index is 8.96. The van der Waals surface area contributed by atoms with Crippen LogP contribution in [0.3, 0.4) is 0 Å². The molecule has 0 unspecified atom stereocenters. The molecule has 2 aromatic rings. The van der Waals surface area contributed by atoms with Crippen molar-refractivity contribution in [2.75, 3.05) is 0 Å². The van der Waals surface area contributed by atoms with Crippen LogP contribution in [0.25, 0.3) is 12.2 Å². The zero-order chi connectivity index (χ0) is 11.2. The summed E-state index contributed by atoms with van der Waals surface area (Å²) in [6, 6.07) is 13.9. The summed E-state index contributed by atoms with van der Waals surface area (Å²) < 4.78 is 0. The Morgan fingerprint density at radius 1 is 1.00 bits per heavy atom. The van der Waals surface area contributed by atoms with E-state index in [0.717, 1.165) is 11.1 Å². The molecule has 0 aliphatic carbocycles. The lowest BCUT2D eigenvalue weighted by molar-refractivity contribution is 0.277. The molecule has 2 rings (SSSR count). The largest absolute Gasteiger partial charge is 0.390 e. The fourth-order valence-electron chi connectivity index (χ4n) is 1.44. The van der Waals surface area contributed by atoms with Gasteiger partial charge in [-0.25, -0.2) is 0 Å². The van der Waals surface area contributed by atoms with Crippen molar-refractivity contribution < 1.29 is 5.11 Å². The second-order valence-electron chi connectivity index (χ2n) is 3.48. The lowest BCUT2D eigenvalue weighted by Gasteiger charge is -1.97. The Morgan fingerprint density at radius 3 is 2.50 bits per heavy atom. The molecule has 0 atom stereocenters. The van der Waals surface area contributed by atoms with Crippen LogP contribution < -0.4 is 0 Å². The van der Waals surface area contributed by atoms with Crippen LogP contribution in [-0.4, -0.2) is 10.1 Å². The summed E-state index contributed by atoms with van der Waals surface area (Å²) in [6.07, 6.45) is 5.75. The molecule has 2 nitrogen and oxygen atoms in total. The highest BCUT2D eigenvalue weighted by Crippen LogP contribution is 2.08. The number of benzene rings is 1. The van der Waals surface area contributed by atoms with Crippen molar-refractivity contribution in [3.8, 4) is 0 Å². The topological polar surface area (TPSA) is 33.1 Å². The lowest BCUT2D eigenvalue weighted by Crippen LogP contribution is -1.88. The van der Waals surface area contributed by atoms with E-state index in [1.165, 1.54) is 0 Å². The van der Waals surface area contributed by atoms with Crippen LogP contribution in [0.5, 0.6) is 0 Å². The highest BCUT2D eigenvalue weighted by molar-refractivity contribution is 5.69. The first-order valence-electron chi connectivity index (χ1n) is 5.17. The van der Waals surface area contributed by atoms with Gasteiger partial charge in [0.2, 0.25) is 0 Å². The minimum absolute atomic E-state index is 0.0208. The van der Waals surface area contributed by atoms with Gasteiger partial charge in [0.05, 0.1) is 12.3 Å². The van der Waals surface area contributed by atoms with E-state index in [2.05, 4.69) is 4.98 Å². The molecule has 0 aliphatic rings. The first-order valence-corrected chi connectivity index (χ1v) is 5.17. The Bertz CT molecular complexity index is 477. The van der Waals surface area contributed by atoms with Crippen molar-refractivity contribution in [2.45, 2.75) is 6.61 Å². The molecule has 2 heteroatoms. The first-order chi connectivity index (χ1) is 7.88. The van der Waals surface area contributed by atoms with E-state index in [0.29, 0.717) is 5.69 Å². The number of hydrogen-bond donors (Lipinski definition) is 1. The molecule has 0 saturated carbocycles. The normalized spacial score (nSPS) is 10.8. The maximum Gasteiger partial charge on any atom is 0.0853 e. The summed E-state index contributed by atoms with van der Waals surface area (Å²) in [5.74, 6) is 0. The first kappa shape index (κ1) is 10.6. The number of aromatic nitrogens is 1. The number of nitrogens with zero attached hydrogens (tertiary/aromatic N) is 1. The predicted molar refractivity (Wildman–Crippen MR) is 65.5 cm³/mol. The number of aliphatic hydroxyl groups is 1. The smallest absolute Gasteiger partial charge is 0.0853 e. The molecule has 0 fully saturated rings. The highest BCUT2D eigenvalue weighted by atomic mass is 16.3. The Labute approximate surface area is 94.9 Å². The Hall–Kier alpha value is -1.93. The quantitative estimate of drug-likeness (QED) is 0.846. The Kier molecular flexibility index (Phi) is 3.46. The third-order valence-electron chi connectivity index (χ3n) is 2.27. The van der Waals surface area contributed by atoms with Crippen molar-refractivity contribution in [3.05, 3.63) is 65.5 Å². The van der Waals surface area contributed by atoms with Crippen molar-refractivity contribution in [3.63, 3.8) is 0 Å². The SMILES string of the molecule is OCc1cc(/C=C/c2ccccc2)ccn1. The van der Waals surface area contributed by atoms with Crippen LogP contribution in [0.15, 0.2) is 48.7 Å². The van der Waals surface area contributed by atoms with Gasteiger partial charge in [-0.1, -0.05) is 42.5 Å². The average molecular weight is 211 g/mol.